The smallest absolute Gasteiger partial charge is 0.233 e. The molecule has 8 nitrogen and oxygen atoms in total. The second-order valence-corrected chi connectivity index (χ2v) is 8.72. The number of nitrogens with one attached hydrogen (secondary N) is 1. The minimum absolute atomic E-state index is 0.0334. The number of carbonyl (C=O) groups excluding carboxylic acids is 1. The first-order chi connectivity index (χ1) is 13.7. The molecule has 9 heteroatoms. The van der Waals surface area contributed by atoms with Crippen molar-refractivity contribution in [3.05, 3.63) is 24.3 Å². The molecule has 1 saturated heterocycles. The summed E-state index contributed by atoms with van der Waals surface area (Å²) in [6.45, 7) is 4.48. The second kappa shape index (κ2) is 8.38. The van der Waals surface area contributed by atoms with Crippen molar-refractivity contribution in [3.63, 3.8) is 0 Å². The van der Waals surface area contributed by atoms with E-state index in [0.717, 1.165) is 48.9 Å². The largest absolute Gasteiger partial charge is 0.495 e. The molecular formula is C19H26N6O2S. The van der Waals surface area contributed by atoms with Gasteiger partial charge in [0.2, 0.25) is 11.1 Å². The van der Waals surface area contributed by atoms with E-state index in [-0.39, 0.29) is 11.2 Å². The molecule has 4 rings (SSSR count). The Morgan fingerprint density at radius 1 is 1.36 bits per heavy atom. The average molecular weight is 403 g/mol. The van der Waals surface area contributed by atoms with Gasteiger partial charge in [0.15, 0.2) is 0 Å². The van der Waals surface area contributed by atoms with E-state index in [1.165, 1.54) is 11.8 Å². The first-order valence-corrected chi connectivity index (χ1v) is 10.6. The molecule has 2 fully saturated rings. The third kappa shape index (κ3) is 4.24. The predicted octanol–water partition coefficient (Wildman–Crippen LogP) is 2.14. The molecule has 28 heavy (non-hydrogen) atoms. The Hall–Kier alpha value is -2.29. The minimum atomic E-state index is -0.227. The maximum absolute atomic E-state index is 12.5. The van der Waals surface area contributed by atoms with Crippen LogP contribution in [-0.2, 0) is 4.79 Å². The normalized spacial score (nSPS) is 20.2. The number of carbonyl (C=O) groups is 1. The quantitative estimate of drug-likeness (QED) is 0.677. The number of anilines is 1. The fraction of sp³-hybridized carbons (Fsp3) is 0.579. The Bertz CT molecular complexity index is 824. The standard InChI is InChI=1S/C19H26N6O2S/c1-13(28-19-21-22-23-25(19)15-7-8-15)18(26)20-11-14-9-10-24(12-14)16-5-3-4-6-17(16)27-2/h3-6,13-15H,7-12H2,1-2H3,(H,20,26)/t13-,14-/m1/s1. The average Bonchev–Trinajstić information content (AvgIpc) is 3.27. The lowest BCUT2D eigenvalue weighted by atomic mass is 10.1. The highest BCUT2D eigenvalue weighted by atomic mass is 32.2. The van der Waals surface area contributed by atoms with Gasteiger partial charge in [0.25, 0.3) is 0 Å². The molecule has 1 N–H and O–H groups in total. The lowest BCUT2D eigenvalue weighted by Gasteiger charge is -2.21. The van der Waals surface area contributed by atoms with Crippen molar-refractivity contribution < 1.29 is 9.53 Å². The molecule has 1 amide bonds. The molecule has 0 radical (unpaired) electrons. The molecule has 1 saturated carbocycles. The summed E-state index contributed by atoms with van der Waals surface area (Å²) >= 11 is 1.43. The summed E-state index contributed by atoms with van der Waals surface area (Å²) in [5.74, 6) is 1.36. The van der Waals surface area contributed by atoms with Gasteiger partial charge in [-0.2, -0.15) is 0 Å². The Morgan fingerprint density at radius 2 is 2.18 bits per heavy atom. The van der Waals surface area contributed by atoms with Crippen molar-refractivity contribution in [1.29, 1.82) is 0 Å². The number of tetrazole rings is 1. The Morgan fingerprint density at radius 3 is 2.96 bits per heavy atom. The topological polar surface area (TPSA) is 85.2 Å². The number of para-hydroxylation sites is 2. The van der Waals surface area contributed by atoms with Crippen LogP contribution in [0.5, 0.6) is 5.75 Å². The van der Waals surface area contributed by atoms with Crippen molar-refractivity contribution >= 4 is 23.4 Å². The van der Waals surface area contributed by atoms with Gasteiger partial charge in [-0.25, -0.2) is 4.68 Å². The highest BCUT2D eigenvalue weighted by molar-refractivity contribution is 8.00. The zero-order chi connectivity index (χ0) is 19.5. The molecule has 2 aromatic rings. The maximum atomic E-state index is 12.5. The summed E-state index contributed by atoms with van der Waals surface area (Å²) in [6, 6.07) is 8.49. The van der Waals surface area contributed by atoms with Crippen LogP contribution in [0.2, 0.25) is 0 Å². The first-order valence-electron chi connectivity index (χ1n) is 9.76. The number of rotatable bonds is 8. The Balaban J connectivity index is 1.26. The monoisotopic (exact) mass is 402 g/mol. The molecule has 0 unspecified atom stereocenters. The van der Waals surface area contributed by atoms with Crippen LogP contribution in [0.4, 0.5) is 5.69 Å². The van der Waals surface area contributed by atoms with E-state index >= 15 is 0 Å². The Labute approximate surface area is 169 Å². The molecule has 150 valence electrons. The molecule has 2 heterocycles. The van der Waals surface area contributed by atoms with Crippen LogP contribution in [0.25, 0.3) is 0 Å². The van der Waals surface area contributed by atoms with Crippen LogP contribution in [-0.4, -0.2) is 58.1 Å². The molecule has 0 bridgehead atoms. The number of aromatic nitrogens is 4. The highest BCUT2D eigenvalue weighted by Gasteiger charge is 2.30. The molecule has 0 spiro atoms. The van der Waals surface area contributed by atoms with E-state index in [4.69, 9.17) is 4.74 Å². The summed E-state index contributed by atoms with van der Waals surface area (Å²) in [5.41, 5.74) is 1.12. The number of hydrogen-bond donors (Lipinski definition) is 1. The number of benzene rings is 1. The second-order valence-electron chi connectivity index (χ2n) is 7.41. The number of methoxy groups -OCH3 is 1. The van der Waals surface area contributed by atoms with Crippen molar-refractivity contribution in [2.75, 3.05) is 31.6 Å². The lowest BCUT2D eigenvalue weighted by molar-refractivity contribution is -0.120. The summed E-state index contributed by atoms with van der Waals surface area (Å²) in [6.07, 6.45) is 3.28. The number of hydrogen-bond acceptors (Lipinski definition) is 7. The number of amides is 1. The molecule has 1 aromatic heterocycles. The van der Waals surface area contributed by atoms with Gasteiger partial charge in [-0.1, -0.05) is 23.9 Å². The molecule has 2 aliphatic rings. The van der Waals surface area contributed by atoms with Crippen molar-refractivity contribution in [1.82, 2.24) is 25.5 Å². The third-order valence-electron chi connectivity index (χ3n) is 5.28. The Kier molecular flexibility index (Phi) is 5.70. The van der Waals surface area contributed by atoms with Crippen LogP contribution >= 0.6 is 11.8 Å². The summed E-state index contributed by atoms with van der Waals surface area (Å²) in [5, 5.41) is 15.5. The van der Waals surface area contributed by atoms with E-state index in [2.05, 4.69) is 31.8 Å². The van der Waals surface area contributed by atoms with E-state index < -0.39 is 0 Å². The minimum Gasteiger partial charge on any atom is -0.495 e. The summed E-state index contributed by atoms with van der Waals surface area (Å²) in [7, 11) is 1.70. The van der Waals surface area contributed by atoms with Crippen molar-refractivity contribution in [2.24, 2.45) is 5.92 Å². The van der Waals surface area contributed by atoms with Gasteiger partial charge in [0.05, 0.1) is 24.1 Å². The number of ether oxygens (including phenoxy) is 1. The highest BCUT2D eigenvalue weighted by Crippen LogP contribution is 2.37. The van der Waals surface area contributed by atoms with Gasteiger partial charge >= 0.3 is 0 Å². The van der Waals surface area contributed by atoms with Gasteiger partial charge in [-0.05, 0) is 54.7 Å². The summed E-state index contributed by atoms with van der Waals surface area (Å²) in [4.78, 5) is 14.9. The third-order valence-corrected chi connectivity index (χ3v) is 6.33. The number of nitrogens with zero attached hydrogens (tertiary/aromatic N) is 5. The fourth-order valence-corrected chi connectivity index (χ4v) is 4.40. The zero-order valence-corrected chi connectivity index (χ0v) is 17.1. The van der Waals surface area contributed by atoms with Crippen LogP contribution in [0.3, 0.4) is 0 Å². The van der Waals surface area contributed by atoms with Gasteiger partial charge in [0, 0.05) is 19.6 Å². The van der Waals surface area contributed by atoms with Crippen molar-refractivity contribution in [2.45, 2.75) is 42.6 Å². The van der Waals surface area contributed by atoms with Crippen LogP contribution in [0, 0.1) is 5.92 Å². The fourth-order valence-electron chi connectivity index (χ4n) is 3.52. The molecule has 2 atom stereocenters. The van der Waals surface area contributed by atoms with Crippen LogP contribution in [0.1, 0.15) is 32.2 Å². The van der Waals surface area contributed by atoms with Gasteiger partial charge < -0.3 is 15.0 Å². The summed E-state index contributed by atoms with van der Waals surface area (Å²) < 4.78 is 7.31. The first kappa shape index (κ1) is 19.0. The van der Waals surface area contributed by atoms with Crippen LogP contribution in [0.15, 0.2) is 29.4 Å². The zero-order valence-electron chi connectivity index (χ0n) is 16.2. The van der Waals surface area contributed by atoms with E-state index in [1.807, 2.05) is 29.8 Å². The number of thioether (sulfide) groups is 1. The predicted molar refractivity (Wildman–Crippen MR) is 108 cm³/mol. The molecule has 1 aliphatic carbocycles. The molecular weight excluding hydrogens is 376 g/mol. The van der Waals surface area contributed by atoms with Crippen LogP contribution < -0.4 is 15.0 Å². The molecule has 1 aromatic carbocycles. The lowest BCUT2D eigenvalue weighted by Crippen LogP contribution is -2.35. The van der Waals surface area contributed by atoms with E-state index in [9.17, 15) is 4.79 Å². The maximum Gasteiger partial charge on any atom is 0.233 e. The SMILES string of the molecule is COc1ccccc1N1CC[C@H](CNC(=O)[C@@H](C)Sc2nnnn2C2CC2)C1. The van der Waals surface area contributed by atoms with E-state index in [1.54, 1.807) is 7.11 Å². The van der Waals surface area contributed by atoms with Crippen molar-refractivity contribution in [3.8, 4) is 5.75 Å². The van der Waals surface area contributed by atoms with Gasteiger partial charge in [-0.3, -0.25) is 4.79 Å². The molecule has 1 aliphatic heterocycles. The van der Waals surface area contributed by atoms with E-state index in [0.29, 0.717) is 18.5 Å². The van der Waals surface area contributed by atoms with Gasteiger partial charge in [-0.15, -0.1) is 5.10 Å². The van der Waals surface area contributed by atoms with Gasteiger partial charge in [0.1, 0.15) is 5.75 Å².